The van der Waals surface area contributed by atoms with Crippen LogP contribution in [0.15, 0.2) is 60.8 Å². The van der Waals surface area contributed by atoms with Gasteiger partial charge < -0.3 is 5.32 Å². The molecule has 2 aromatic carbocycles. The Kier molecular flexibility index (Phi) is 2.62. The maximum atomic E-state index is 4.16. The van der Waals surface area contributed by atoms with Gasteiger partial charge in [-0.05, 0) is 18.1 Å². The third kappa shape index (κ3) is 2.01. The lowest BCUT2D eigenvalue weighted by Gasteiger charge is -2.08. The van der Waals surface area contributed by atoms with Crippen LogP contribution < -0.4 is 5.32 Å². The summed E-state index contributed by atoms with van der Waals surface area (Å²) in [6, 6.07) is 19.3. The van der Waals surface area contributed by atoms with Crippen molar-refractivity contribution in [3.63, 3.8) is 0 Å². The van der Waals surface area contributed by atoms with Gasteiger partial charge in [0.25, 0.3) is 0 Å². The quantitative estimate of drug-likeness (QED) is 0.782. The van der Waals surface area contributed by atoms with Crippen LogP contribution in [0.1, 0.15) is 17.9 Å². The van der Waals surface area contributed by atoms with Crippen molar-refractivity contribution in [2.24, 2.45) is 0 Å². The van der Waals surface area contributed by atoms with Gasteiger partial charge in [-0.25, -0.2) is 0 Å². The fraction of sp³-hybridized carbons (Fsp3) is 0.176. The summed E-state index contributed by atoms with van der Waals surface area (Å²) in [5.74, 6) is 0.614. The zero-order valence-electron chi connectivity index (χ0n) is 11.0. The molecule has 1 aliphatic carbocycles. The topological polar surface area (TPSA) is 37.8 Å². The lowest BCUT2D eigenvalue weighted by atomic mass is 10.1. The number of rotatable bonds is 3. The van der Waals surface area contributed by atoms with E-state index in [4.69, 9.17) is 0 Å². The van der Waals surface area contributed by atoms with E-state index in [0.29, 0.717) is 12.0 Å². The first-order valence-corrected chi connectivity index (χ1v) is 6.94. The van der Waals surface area contributed by atoms with E-state index < -0.39 is 0 Å². The number of hydrogen-bond donors (Lipinski definition) is 1. The fourth-order valence-corrected chi connectivity index (χ4v) is 2.74. The van der Waals surface area contributed by atoms with Crippen molar-refractivity contribution < 1.29 is 0 Å². The van der Waals surface area contributed by atoms with Crippen molar-refractivity contribution in [3.8, 4) is 0 Å². The van der Waals surface area contributed by atoms with Crippen molar-refractivity contribution in [3.05, 3.63) is 66.4 Å². The van der Waals surface area contributed by atoms with Crippen LogP contribution in [0, 0.1) is 0 Å². The summed E-state index contributed by atoms with van der Waals surface area (Å²) < 4.78 is 0. The Morgan fingerprint density at radius 2 is 1.75 bits per heavy atom. The molecule has 2 unspecified atom stereocenters. The molecule has 3 nitrogen and oxygen atoms in total. The van der Waals surface area contributed by atoms with Crippen LogP contribution in [0.2, 0.25) is 0 Å². The van der Waals surface area contributed by atoms with Gasteiger partial charge in [0.1, 0.15) is 0 Å². The van der Waals surface area contributed by atoms with E-state index in [1.165, 1.54) is 12.0 Å². The molecule has 0 spiro atoms. The molecule has 1 fully saturated rings. The normalized spacial score (nSPS) is 20.8. The van der Waals surface area contributed by atoms with Crippen LogP contribution >= 0.6 is 0 Å². The molecule has 0 radical (unpaired) electrons. The monoisotopic (exact) mass is 261 g/mol. The molecular weight excluding hydrogens is 246 g/mol. The first kappa shape index (κ1) is 11.4. The standard InChI is InChI=1S/C17H15N3/c1-2-6-12(7-3-1)14-10-16(14)19-17-11-18-20-15-9-5-4-8-13(15)17/h1-9,11,14,16H,10H2,(H,19,20). The van der Waals surface area contributed by atoms with E-state index in [2.05, 4.69) is 51.9 Å². The zero-order chi connectivity index (χ0) is 13.4. The number of nitrogens with one attached hydrogen (secondary N) is 1. The van der Waals surface area contributed by atoms with E-state index >= 15 is 0 Å². The number of fused-ring (bicyclic) bond motifs is 1. The molecule has 3 aromatic rings. The van der Waals surface area contributed by atoms with Gasteiger partial charge in [0.05, 0.1) is 17.4 Å². The van der Waals surface area contributed by atoms with Gasteiger partial charge in [0.15, 0.2) is 0 Å². The Balaban J connectivity index is 1.58. The highest BCUT2D eigenvalue weighted by Gasteiger charge is 2.38. The van der Waals surface area contributed by atoms with Gasteiger partial charge >= 0.3 is 0 Å². The molecule has 1 aromatic heterocycles. The molecular formula is C17H15N3. The van der Waals surface area contributed by atoms with E-state index in [0.717, 1.165) is 16.6 Å². The maximum Gasteiger partial charge on any atom is 0.0950 e. The van der Waals surface area contributed by atoms with Gasteiger partial charge in [-0.15, -0.1) is 0 Å². The Hall–Kier alpha value is -2.42. The minimum Gasteiger partial charge on any atom is -0.380 e. The Labute approximate surface area is 117 Å². The third-order valence-electron chi connectivity index (χ3n) is 3.91. The fourth-order valence-electron chi connectivity index (χ4n) is 2.74. The second kappa shape index (κ2) is 4.60. The second-order valence-corrected chi connectivity index (χ2v) is 5.28. The van der Waals surface area contributed by atoms with Crippen molar-refractivity contribution in [2.75, 3.05) is 5.32 Å². The molecule has 1 saturated carbocycles. The van der Waals surface area contributed by atoms with E-state index in [1.54, 1.807) is 0 Å². The molecule has 0 bridgehead atoms. The molecule has 3 heteroatoms. The number of nitrogens with zero attached hydrogens (tertiary/aromatic N) is 2. The lowest BCUT2D eigenvalue weighted by Crippen LogP contribution is -2.05. The Bertz CT molecular complexity index is 734. The third-order valence-corrected chi connectivity index (χ3v) is 3.91. The minimum absolute atomic E-state index is 0.505. The summed E-state index contributed by atoms with van der Waals surface area (Å²) in [5.41, 5.74) is 3.43. The van der Waals surface area contributed by atoms with Crippen LogP contribution in [0.3, 0.4) is 0 Å². The van der Waals surface area contributed by atoms with E-state index in [9.17, 15) is 0 Å². The molecule has 20 heavy (non-hydrogen) atoms. The number of benzene rings is 2. The number of aromatic nitrogens is 2. The Morgan fingerprint density at radius 1 is 0.950 bits per heavy atom. The second-order valence-electron chi connectivity index (χ2n) is 5.28. The first-order valence-electron chi connectivity index (χ1n) is 6.94. The summed E-state index contributed by atoms with van der Waals surface area (Å²) in [5, 5.41) is 13.0. The molecule has 4 rings (SSSR count). The van der Waals surface area contributed by atoms with Crippen molar-refractivity contribution in [1.82, 2.24) is 10.2 Å². The van der Waals surface area contributed by atoms with Crippen LogP contribution in [-0.4, -0.2) is 16.2 Å². The van der Waals surface area contributed by atoms with Crippen molar-refractivity contribution >= 4 is 16.6 Å². The maximum absolute atomic E-state index is 4.16. The summed E-state index contributed by atoms with van der Waals surface area (Å²) in [7, 11) is 0. The van der Waals surface area contributed by atoms with Gasteiger partial charge in [0, 0.05) is 17.3 Å². The minimum atomic E-state index is 0.505. The average molecular weight is 261 g/mol. The molecule has 98 valence electrons. The molecule has 1 heterocycles. The number of hydrogen-bond acceptors (Lipinski definition) is 3. The molecule has 1 aliphatic rings. The predicted octanol–water partition coefficient (Wildman–Crippen LogP) is 3.60. The van der Waals surface area contributed by atoms with Gasteiger partial charge in [-0.3, -0.25) is 0 Å². The summed E-state index contributed by atoms with van der Waals surface area (Å²) in [6.07, 6.45) is 3.00. The molecule has 0 amide bonds. The highest BCUT2D eigenvalue weighted by Crippen LogP contribution is 2.43. The summed E-state index contributed by atoms with van der Waals surface area (Å²) >= 11 is 0. The van der Waals surface area contributed by atoms with Crippen molar-refractivity contribution in [2.45, 2.75) is 18.4 Å². The van der Waals surface area contributed by atoms with Crippen LogP contribution in [0.5, 0.6) is 0 Å². The van der Waals surface area contributed by atoms with Crippen LogP contribution in [0.4, 0.5) is 5.69 Å². The van der Waals surface area contributed by atoms with Crippen LogP contribution in [-0.2, 0) is 0 Å². The van der Waals surface area contributed by atoms with E-state index in [1.807, 2.05) is 24.4 Å². The molecule has 0 saturated heterocycles. The molecule has 2 atom stereocenters. The highest BCUT2D eigenvalue weighted by molar-refractivity contribution is 5.90. The molecule has 0 aliphatic heterocycles. The smallest absolute Gasteiger partial charge is 0.0950 e. The average Bonchev–Trinajstić information content (AvgIpc) is 3.28. The van der Waals surface area contributed by atoms with Gasteiger partial charge in [-0.1, -0.05) is 48.5 Å². The Morgan fingerprint density at radius 3 is 2.65 bits per heavy atom. The van der Waals surface area contributed by atoms with Gasteiger partial charge in [-0.2, -0.15) is 10.2 Å². The van der Waals surface area contributed by atoms with Crippen molar-refractivity contribution in [1.29, 1.82) is 0 Å². The summed E-state index contributed by atoms with van der Waals surface area (Å²) in [6.45, 7) is 0. The molecule has 1 N–H and O–H groups in total. The number of anilines is 1. The van der Waals surface area contributed by atoms with Crippen LogP contribution in [0.25, 0.3) is 10.9 Å². The zero-order valence-corrected chi connectivity index (χ0v) is 11.0. The highest BCUT2D eigenvalue weighted by atomic mass is 15.1. The van der Waals surface area contributed by atoms with Gasteiger partial charge in [0.2, 0.25) is 0 Å². The summed E-state index contributed by atoms with van der Waals surface area (Å²) in [4.78, 5) is 0. The first-order chi connectivity index (χ1) is 9.92. The predicted molar refractivity (Wildman–Crippen MR) is 80.7 cm³/mol. The lowest BCUT2D eigenvalue weighted by molar-refractivity contribution is 1.03. The van der Waals surface area contributed by atoms with E-state index in [-0.39, 0.29) is 0 Å². The SMILES string of the molecule is c1ccc(C2CC2Nc2cnnc3ccccc23)cc1. The largest absolute Gasteiger partial charge is 0.380 e.